The summed E-state index contributed by atoms with van der Waals surface area (Å²) in [6, 6.07) is 16.9. The second-order valence-corrected chi connectivity index (χ2v) is 8.16. The van der Waals surface area contributed by atoms with E-state index in [9.17, 15) is 0 Å². The van der Waals surface area contributed by atoms with Crippen LogP contribution in [-0.2, 0) is 19.7 Å². The summed E-state index contributed by atoms with van der Waals surface area (Å²) in [7, 11) is 1.60. The van der Waals surface area contributed by atoms with Crippen LogP contribution in [0.1, 0.15) is 17.0 Å². The number of H-pyrrole nitrogens is 1. The van der Waals surface area contributed by atoms with Crippen LogP contribution in [0.15, 0.2) is 54.6 Å². The molecular formula is C23H20Cl3N3O2. The molecule has 5 nitrogen and oxygen atoms in total. The molecule has 0 spiro atoms. The number of aromatic amines is 1. The Morgan fingerprint density at radius 2 is 1.74 bits per heavy atom. The minimum absolute atomic E-state index is 0.313. The van der Waals surface area contributed by atoms with Crippen molar-refractivity contribution in [1.82, 2.24) is 15.3 Å². The van der Waals surface area contributed by atoms with Crippen LogP contribution in [0.25, 0.3) is 11.0 Å². The van der Waals surface area contributed by atoms with E-state index in [1.165, 1.54) is 0 Å². The topological polar surface area (TPSA) is 59.2 Å². The third-order valence-corrected chi connectivity index (χ3v) is 5.85. The Morgan fingerprint density at radius 1 is 0.903 bits per heavy atom. The van der Waals surface area contributed by atoms with Crippen molar-refractivity contribution in [3.8, 4) is 11.5 Å². The molecule has 1 heterocycles. The van der Waals surface area contributed by atoms with Gasteiger partial charge in [-0.2, -0.15) is 0 Å². The van der Waals surface area contributed by atoms with Crippen molar-refractivity contribution in [3.63, 3.8) is 0 Å². The number of hydrogen-bond acceptors (Lipinski definition) is 4. The van der Waals surface area contributed by atoms with Gasteiger partial charge in [0.25, 0.3) is 0 Å². The number of ether oxygens (including phenoxy) is 2. The summed E-state index contributed by atoms with van der Waals surface area (Å²) < 4.78 is 11.4. The van der Waals surface area contributed by atoms with Gasteiger partial charge in [-0.15, -0.1) is 0 Å². The maximum absolute atomic E-state index is 6.49. The molecule has 0 radical (unpaired) electrons. The Balaban J connectivity index is 1.40. The third-order valence-electron chi connectivity index (χ3n) is 4.76. The van der Waals surface area contributed by atoms with Gasteiger partial charge in [0, 0.05) is 17.6 Å². The maximum Gasteiger partial charge on any atom is 0.163 e. The zero-order chi connectivity index (χ0) is 21.8. The fourth-order valence-corrected chi connectivity index (χ4v) is 3.72. The molecule has 8 heteroatoms. The molecule has 2 N–H and O–H groups in total. The van der Waals surface area contributed by atoms with Crippen molar-refractivity contribution in [1.29, 1.82) is 0 Å². The molecule has 0 aliphatic heterocycles. The predicted octanol–water partition coefficient (Wildman–Crippen LogP) is 6.40. The zero-order valence-corrected chi connectivity index (χ0v) is 19.0. The molecule has 0 unspecified atom stereocenters. The predicted molar refractivity (Wildman–Crippen MR) is 125 cm³/mol. The second kappa shape index (κ2) is 9.79. The van der Waals surface area contributed by atoms with Crippen LogP contribution in [0.3, 0.4) is 0 Å². The molecule has 0 atom stereocenters. The van der Waals surface area contributed by atoms with Gasteiger partial charge in [0.2, 0.25) is 0 Å². The summed E-state index contributed by atoms with van der Waals surface area (Å²) >= 11 is 18.5. The average molecular weight is 477 g/mol. The average Bonchev–Trinajstić information content (AvgIpc) is 3.18. The van der Waals surface area contributed by atoms with Crippen molar-refractivity contribution < 1.29 is 9.47 Å². The number of fused-ring (bicyclic) bond motifs is 1. The van der Waals surface area contributed by atoms with Crippen LogP contribution in [0, 0.1) is 0 Å². The van der Waals surface area contributed by atoms with E-state index in [-0.39, 0.29) is 0 Å². The van der Waals surface area contributed by atoms with Crippen LogP contribution < -0.4 is 14.8 Å². The van der Waals surface area contributed by atoms with E-state index in [4.69, 9.17) is 44.3 Å². The number of hydrogen-bond donors (Lipinski definition) is 2. The van der Waals surface area contributed by atoms with Crippen LogP contribution in [0.5, 0.6) is 11.5 Å². The molecule has 0 saturated carbocycles. The van der Waals surface area contributed by atoms with Crippen LogP contribution in [0.4, 0.5) is 0 Å². The van der Waals surface area contributed by atoms with Crippen LogP contribution in [0.2, 0.25) is 15.1 Å². The van der Waals surface area contributed by atoms with E-state index in [1.807, 2.05) is 36.4 Å². The number of methoxy groups -OCH3 is 1. The normalized spacial score (nSPS) is 11.1. The summed E-state index contributed by atoms with van der Waals surface area (Å²) in [6.07, 6.45) is 0. The molecular weight excluding hydrogens is 457 g/mol. The van der Waals surface area contributed by atoms with Crippen molar-refractivity contribution >= 4 is 45.8 Å². The van der Waals surface area contributed by atoms with Gasteiger partial charge >= 0.3 is 0 Å². The lowest BCUT2D eigenvalue weighted by atomic mass is 10.2. The Hall–Kier alpha value is -2.44. The summed E-state index contributed by atoms with van der Waals surface area (Å²) in [6.45, 7) is 1.45. The standard InChI is InChI=1S/C23H20Cl3N3O2/c1-30-21-9-15(11-27-12-23-28-19-4-2-3-5-20(19)29-23)17(25)10-22(21)31-13-14-6-7-16(24)18(26)8-14/h2-10,27H,11-13H2,1H3,(H,28,29). The molecule has 0 aliphatic carbocycles. The van der Waals surface area contributed by atoms with E-state index in [0.29, 0.717) is 46.3 Å². The summed E-state index contributed by atoms with van der Waals surface area (Å²) in [4.78, 5) is 7.86. The quantitative estimate of drug-likeness (QED) is 0.309. The molecule has 4 aromatic rings. The highest BCUT2D eigenvalue weighted by Crippen LogP contribution is 2.34. The fourth-order valence-electron chi connectivity index (χ4n) is 3.18. The molecule has 3 aromatic carbocycles. The lowest BCUT2D eigenvalue weighted by Gasteiger charge is -2.14. The van der Waals surface area contributed by atoms with E-state index < -0.39 is 0 Å². The molecule has 1 aromatic heterocycles. The van der Waals surface area contributed by atoms with Gasteiger partial charge in [-0.25, -0.2) is 4.98 Å². The highest BCUT2D eigenvalue weighted by molar-refractivity contribution is 6.42. The highest BCUT2D eigenvalue weighted by Gasteiger charge is 2.12. The number of para-hydroxylation sites is 2. The Bertz CT molecular complexity index is 1180. The van der Waals surface area contributed by atoms with Gasteiger partial charge in [-0.05, 0) is 41.5 Å². The number of imidazole rings is 1. The Kier molecular flexibility index (Phi) is 6.88. The number of nitrogens with zero attached hydrogens (tertiary/aromatic N) is 1. The van der Waals surface area contributed by atoms with Crippen molar-refractivity contribution in [2.24, 2.45) is 0 Å². The van der Waals surface area contributed by atoms with Crippen LogP contribution in [-0.4, -0.2) is 17.1 Å². The SMILES string of the molecule is COc1cc(CNCc2nc3ccccc3[nH]2)c(Cl)cc1OCc1ccc(Cl)c(Cl)c1. The first-order chi connectivity index (χ1) is 15.0. The van der Waals surface area contributed by atoms with Crippen molar-refractivity contribution in [3.05, 3.63) is 86.6 Å². The lowest BCUT2D eigenvalue weighted by Crippen LogP contribution is -2.14. The second-order valence-electron chi connectivity index (χ2n) is 6.94. The van der Waals surface area contributed by atoms with Gasteiger partial charge in [-0.3, -0.25) is 0 Å². The van der Waals surface area contributed by atoms with Gasteiger partial charge in [0.1, 0.15) is 12.4 Å². The van der Waals surface area contributed by atoms with E-state index in [0.717, 1.165) is 28.0 Å². The summed E-state index contributed by atoms with van der Waals surface area (Å²) in [5.41, 5.74) is 3.76. The number of nitrogens with one attached hydrogen (secondary N) is 2. The van der Waals surface area contributed by atoms with Gasteiger partial charge < -0.3 is 19.8 Å². The monoisotopic (exact) mass is 475 g/mol. The molecule has 160 valence electrons. The maximum atomic E-state index is 6.49. The first-order valence-corrected chi connectivity index (χ1v) is 10.7. The summed E-state index contributed by atoms with van der Waals surface area (Å²) in [5.74, 6) is 2.02. The number of aromatic nitrogens is 2. The van der Waals surface area contributed by atoms with E-state index >= 15 is 0 Å². The number of halogens is 3. The third kappa shape index (κ3) is 5.25. The van der Waals surface area contributed by atoms with E-state index in [1.54, 1.807) is 25.3 Å². The number of rotatable bonds is 8. The van der Waals surface area contributed by atoms with Gasteiger partial charge in [-0.1, -0.05) is 53.0 Å². The minimum atomic E-state index is 0.313. The summed E-state index contributed by atoms with van der Waals surface area (Å²) in [5, 5.41) is 4.93. The van der Waals surface area contributed by atoms with Crippen molar-refractivity contribution in [2.45, 2.75) is 19.7 Å². The Morgan fingerprint density at radius 3 is 2.52 bits per heavy atom. The molecule has 0 saturated heterocycles. The zero-order valence-electron chi connectivity index (χ0n) is 16.7. The Labute approximate surface area is 195 Å². The van der Waals surface area contributed by atoms with Gasteiger partial charge in [0.15, 0.2) is 11.5 Å². The first-order valence-electron chi connectivity index (χ1n) is 9.61. The molecule has 0 amide bonds. The minimum Gasteiger partial charge on any atom is -0.493 e. The van der Waals surface area contributed by atoms with Gasteiger partial charge in [0.05, 0.1) is 34.7 Å². The first kappa shape index (κ1) is 21.8. The number of benzene rings is 3. The molecule has 0 bridgehead atoms. The lowest BCUT2D eigenvalue weighted by molar-refractivity contribution is 0.284. The van der Waals surface area contributed by atoms with E-state index in [2.05, 4.69) is 15.3 Å². The molecule has 31 heavy (non-hydrogen) atoms. The highest BCUT2D eigenvalue weighted by atomic mass is 35.5. The molecule has 4 rings (SSSR count). The molecule has 0 aliphatic rings. The van der Waals surface area contributed by atoms with Crippen LogP contribution >= 0.6 is 34.8 Å². The van der Waals surface area contributed by atoms with Crippen molar-refractivity contribution in [2.75, 3.05) is 7.11 Å². The smallest absolute Gasteiger partial charge is 0.163 e. The largest absolute Gasteiger partial charge is 0.493 e. The fraction of sp³-hybridized carbons (Fsp3) is 0.174. The molecule has 0 fully saturated rings.